The zero-order valence-corrected chi connectivity index (χ0v) is 6.04. The second-order valence-electron chi connectivity index (χ2n) is 2.37. The predicted octanol–water partition coefficient (Wildman–Crippen LogP) is 0.126. The first-order valence-electron chi connectivity index (χ1n) is 3.36. The van der Waals surface area contributed by atoms with Gasteiger partial charge in [0.25, 0.3) is 0 Å². The van der Waals surface area contributed by atoms with Crippen molar-refractivity contribution >= 4 is 12.2 Å². The largest absolute Gasteiger partial charge is 0.479 e. The molecule has 0 radical (unpaired) electrons. The number of hydrogen-bond acceptors (Lipinski definition) is 4. The molecule has 0 amide bonds. The van der Waals surface area contributed by atoms with Crippen molar-refractivity contribution < 1.29 is 14.6 Å². The monoisotopic (exact) mass is 166 g/mol. The molecule has 62 valence electrons. The number of rotatable bonds is 1. The summed E-state index contributed by atoms with van der Waals surface area (Å²) in [7, 11) is 0. The molecule has 0 aromatic heterocycles. The molecule has 0 aliphatic carbocycles. The number of aliphatic carboxylic acids is 1. The minimum atomic E-state index is -0.923. The van der Waals surface area contributed by atoms with Crippen LogP contribution in [-0.2, 0) is 9.53 Å². The van der Waals surface area contributed by atoms with Gasteiger partial charge in [0.15, 0.2) is 11.9 Å². The van der Waals surface area contributed by atoms with Crippen LogP contribution in [-0.4, -0.2) is 28.2 Å². The van der Waals surface area contributed by atoms with Gasteiger partial charge in [0.2, 0.25) is 0 Å². The average Bonchev–Trinajstić information content (AvgIpc) is 2.47. The summed E-state index contributed by atoms with van der Waals surface area (Å²) in [6.45, 7) is 0. The molecule has 1 N–H and O–H groups in total. The van der Waals surface area contributed by atoms with Crippen LogP contribution in [0.4, 0.5) is 0 Å². The molecule has 0 saturated heterocycles. The third kappa shape index (κ3) is 0.868. The molecule has 5 nitrogen and oxygen atoms in total. The maximum absolute atomic E-state index is 10.6. The van der Waals surface area contributed by atoms with E-state index >= 15 is 0 Å². The molecular weight excluding hydrogens is 160 g/mol. The van der Waals surface area contributed by atoms with E-state index in [0.717, 1.165) is 0 Å². The summed E-state index contributed by atoms with van der Waals surface area (Å²) >= 11 is 0. The Morgan fingerprint density at radius 3 is 3.33 bits per heavy atom. The third-order valence-electron chi connectivity index (χ3n) is 1.64. The summed E-state index contributed by atoms with van der Waals surface area (Å²) in [4.78, 5) is 16.0. The van der Waals surface area contributed by atoms with Crippen LogP contribution in [0, 0.1) is 0 Å². The van der Waals surface area contributed by atoms with Gasteiger partial charge in [0.1, 0.15) is 12.5 Å². The molecule has 5 heteroatoms. The molecule has 0 aromatic carbocycles. The van der Waals surface area contributed by atoms with Gasteiger partial charge in [-0.05, 0) is 0 Å². The fourth-order valence-electron chi connectivity index (χ4n) is 1.07. The molecule has 0 spiro atoms. The Kier molecular flexibility index (Phi) is 1.36. The van der Waals surface area contributed by atoms with E-state index in [1.807, 2.05) is 0 Å². The van der Waals surface area contributed by atoms with Gasteiger partial charge in [-0.15, -0.1) is 0 Å². The lowest BCUT2D eigenvalue weighted by Crippen LogP contribution is -2.34. The Morgan fingerprint density at radius 1 is 1.75 bits per heavy atom. The van der Waals surface area contributed by atoms with Crippen molar-refractivity contribution in [3.05, 3.63) is 24.5 Å². The van der Waals surface area contributed by atoms with Crippen molar-refractivity contribution in [1.82, 2.24) is 4.90 Å². The highest BCUT2D eigenvalue weighted by Gasteiger charge is 2.30. The van der Waals surface area contributed by atoms with E-state index in [0.29, 0.717) is 5.82 Å². The minimum Gasteiger partial charge on any atom is -0.479 e. The maximum atomic E-state index is 10.6. The molecule has 0 saturated carbocycles. The van der Waals surface area contributed by atoms with Crippen LogP contribution < -0.4 is 0 Å². The Labute approximate surface area is 68.3 Å². The number of ether oxygens (including phenoxy) is 1. The van der Waals surface area contributed by atoms with Crippen LogP contribution in [0.1, 0.15) is 0 Å². The average molecular weight is 166 g/mol. The molecule has 2 aliphatic rings. The maximum Gasteiger partial charge on any atom is 0.332 e. The topological polar surface area (TPSA) is 62.1 Å². The van der Waals surface area contributed by atoms with Gasteiger partial charge in [0.05, 0.1) is 0 Å². The summed E-state index contributed by atoms with van der Waals surface area (Å²) < 4.78 is 4.82. The molecule has 12 heavy (non-hydrogen) atoms. The van der Waals surface area contributed by atoms with Crippen LogP contribution in [0.15, 0.2) is 29.5 Å². The van der Waals surface area contributed by atoms with E-state index in [9.17, 15) is 4.79 Å². The smallest absolute Gasteiger partial charge is 0.332 e. The SMILES string of the molecule is O=C(O)C1C=NC2=COC=CN21. The first kappa shape index (κ1) is 6.90. The quantitative estimate of drug-likeness (QED) is 0.601. The van der Waals surface area contributed by atoms with Crippen molar-refractivity contribution in [1.29, 1.82) is 0 Å². The minimum absolute atomic E-state index is 0.518. The number of fused-ring (bicyclic) bond motifs is 1. The summed E-state index contributed by atoms with van der Waals surface area (Å²) in [5.41, 5.74) is 0. The highest BCUT2D eigenvalue weighted by Crippen LogP contribution is 2.20. The van der Waals surface area contributed by atoms with Crippen molar-refractivity contribution in [2.24, 2.45) is 4.99 Å². The molecular formula is C7H6N2O3. The number of carboxylic acid groups (broad SMARTS) is 1. The molecule has 0 fully saturated rings. The van der Waals surface area contributed by atoms with E-state index in [-0.39, 0.29) is 0 Å². The normalized spacial score (nSPS) is 24.8. The zero-order chi connectivity index (χ0) is 8.55. The van der Waals surface area contributed by atoms with E-state index in [4.69, 9.17) is 9.84 Å². The highest BCUT2D eigenvalue weighted by atomic mass is 16.5. The second kappa shape index (κ2) is 2.37. The molecule has 1 unspecified atom stereocenters. The van der Waals surface area contributed by atoms with Gasteiger partial charge in [0, 0.05) is 12.4 Å². The number of aliphatic imine (C=N–C) groups is 1. The fraction of sp³-hybridized carbons (Fsp3) is 0.143. The standard InChI is InChI=1S/C7H6N2O3/c10-7(11)5-3-8-6-4-12-2-1-9(5)6/h1-5H,(H,10,11). The van der Waals surface area contributed by atoms with Crippen molar-refractivity contribution in [2.75, 3.05) is 0 Å². The van der Waals surface area contributed by atoms with Crippen molar-refractivity contribution in [3.63, 3.8) is 0 Å². The molecule has 1 atom stereocenters. The van der Waals surface area contributed by atoms with Gasteiger partial charge < -0.3 is 14.7 Å². The Bertz CT molecular complexity index is 306. The Hall–Kier alpha value is -1.78. The van der Waals surface area contributed by atoms with E-state index in [1.54, 1.807) is 6.20 Å². The Balaban J connectivity index is 2.28. The highest BCUT2D eigenvalue weighted by molar-refractivity contribution is 5.95. The second-order valence-corrected chi connectivity index (χ2v) is 2.37. The van der Waals surface area contributed by atoms with E-state index < -0.39 is 12.0 Å². The first-order valence-corrected chi connectivity index (χ1v) is 3.36. The van der Waals surface area contributed by atoms with E-state index in [2.05, 4.69) is 4.99 Å². The van der Waals surface area contributed by atoms with Gasteiger partial charge in [-0.25, -0.2) is 9.79 Å². The third-order valence-corrected chi connectivity index (χ3v) is 1.64. The molecule has 0 aromatic rings. The Morgan fingerprint density at radius 2 is 2.58 bits per heavy atom. The summed E-state index contributed by atoms with van der Waals surface area (Å²) in [6, 6.07) is -0.698. The van der Waals surface area contributed by atoms with Crippen molar-refractivity contribution in [2.45, 2.75) is 6.04 Å². The first-order chi connectivity index (χ1) is 5.79. The van der Waals surface area contributed by atoms with Crippen LogP contribution >= 0.6 is 0 Å². The molecule has 2 heterocycles. The summed E-state index contributed by atoms with van der Waals surface area (Å²) in [6.07, 6.45) is 5.72. The number of hydrogen-bond donors (Lipinski definition) is 1. The summed E-state index contributed by atoms with van der Waals surface area (Å²) in [5.74, 6) is -0.404. The van der Waals surface area contributed by atoms with Crippen LogP contribution in [0.2, 0.25) is 0 Å². The van der Waals surface area contributed by atoms with Gasteiger partial charge >= 0.3 is 5.97 Å². The van der Waals surface area contributed by atoms with Crippen LogP contribution in [0.5, 0.6) is 0 Å². The van der Waals surface area contributed by atoms with Gasteiger partial charge in [-0.2, -0.15) is 0 Å². The number of carbonyl (C=O) groups is 1. The van der Waals surface area contributed by atoms with Crippen LogP contribution in [0.25, 0.3) is 0 Å². The molecule has 2 aliphatic heterocycles. The van der Waals surface area contributed by atoms with Crippen molar-refractivity contribution in [3.8, 4) is 0 Å². The lowest BCUT2D eigenvalue weighted by Gasteiger charge is -2.20. The lowest BCUT2D eigenvalue weighted by atomic mass is 10.3. The molecule has 2 rings (SSSR count). The lowest BCUT2D eigenvalue weighted by molar-refractivity contribution is -0.139. The molecule has 0 bridgehead atoms. The fourth-order valence-corrected chi connectivity index (χ4v) is 1.07. The summed E-state index contributed by atoms with van der Waals surface area (Å²) in [5, 5.41) is 8.72. The van der Waals surface area contributed by atoms with E-state index in [1.165, 1.54) is 23.6 Å². The van der Waals surface area contributed by atoms with Gasteiger partial charge in [-0.3, -0.25) is 0 Å². The predicted molar refractivity (Wildman–Crippen MR) is 40.1 cm³/mol. The number of carboxylic acids is 1. The van der Waals surface area contributed by atoms with Gasteiger partial charge in [-0.1, -0.05) is 0 Å². The number of nitrogens with zero attached hydrogens (tertiary/aromatic N) is 2. The zero-order valence-electron chi connectivity index (χ0n) is 6.04. The van der Waals surface area contributed by atoms with Crippen LogP contribution in [0.3, 0.4) is 0 Å².